The zero-order valence-corrected chi connectivity index (χ0v) is 13.4. The highest BCUT2D eigenvalue weighted by atomic mass is 19.4. The monoisotopic (exact) mass is 328 g/mol. The molecule has 1 aromatic carbocycles. The second-order valence-corrected chi connectivity index (χ2v) is 6.37. The summed E-state index contributed by atoms with van der Waals surface area (Å²) in [5.74, 6) is -0.159. The smallest absolute Gasteiger partial charge is 0.353 e. The summed E-state index contributed by atoms with van der Waals surface area (Å²) in [4.78, 5) is 12.1. The lowest BCUT2D eigenvalue weighted by atomic mass is 9.95. The van der Waals surface area contributed by atoms with Crippen LogP contribution in [0.25, 0.3) is 0 Å². The van der Waals surface area contributed by atoms with Gasteiger partial charge in [0.05, 0.1) is 5.56 Å². The number of benzene rings is 1. The van der Waals surface area contributed by atoms with Gasteiger partial charge in [-0.15, -0.1) is 0 Å². The number of hydrogen-bond acceptors (Lipinski definition) is 2. The maximum Gasteiger partial charge on any atom is 0.416 e. The molecule has 3 nitrogen and oxygen atoms in total. The summed E-state index contributed by atoms with van der Waals surface area (Å²) in [6.45, 7) is 4.83. The van der Waals surface area contributed by atoms with Crippen LogP contribution >= 0.6 is 0 Å². The summed E-state index contributed by atoms with van der Waals surface area (Å²) in [5.41, 5.74) is 0.0772. The van der Waals surface area contributed by atoms with Crippen molar-refractivity contribution in [1.29, 1.82) is 0 Å². The molecule has 1 aliphatic heterocycles. The normalized spacial score (nSPS) is 23.3. The Morgan fingerprint density at radius 1 is 1.35 bits per heavy atom. The zero-order valence-electron chi connectivity index (χ0n) is 13.4. The zero-order chi connectivity index (χ0) is 17.0. The van der Waals surface area contributed by atoms with Gasteiger partial charge in [0, 0.05) is 18.5 Å². The Hall–Kier alpha value is -1.56. The van der Waals surface area contributed by atoms with Crippen LogP contribution in [-0.4, -0.2) is 24.5 Å². The van der Waals surface area contributed by atoms with E-state index in [4.69, 9.17) is 0 Å². The first kappa shape index (κ1) is 17.8. The van der Waals surface area contributed by atoms with Gasteiger partial charge in [0.2, 0.25) is 5.91 Å². The van der Waals surface area contributed by atoms with Gasteiger partial charge in [0.1, 0.15) is 0 Å². The Bertz CT molecular complexity index is 528. The number of halogens is 3. The molecule has 3 unspecified atom stereocenters. The Morgan fingerprint density at radius 2 is 2.00 bits per heavy atom. The second kappa shape index (κ2) is 7.34. The van der Waals surface area contributed by atoms with Crippen LogP contribution in [0.5, 0.6) is 0 Å². The van der Waals surface area contributed by atoms with Crippen LogP contribution in [0.1, 0.15) is 50.2 Å². The van der Waals surface area contributed by atoms with E-state index < -0.39 is 11.7 Å². The molecule has 128 valence electrons. The Kier molecular flexibility index (Phi) is 5.68. The standard InChI is InChI=1S/C17H23F3N2O/c1-11(13-3-5-14(6-4-13)17(18,19)20)9-16(23)22-15-7-8-21-12(2)10-15/h3-6,11-12,15,21H,7-10H2,1-2H3,(H,22,23). The maximum absolute atomic E-state index is 12.6. The van der Waals surface area contributed by atoms with Crippen molar-refractivity contribution in [2.24, 2.45) is 0 Å². The molecule has 1 fully saturated rings. The predicted molar refractivity (Wildman–Crippen MR) is 83.1 cm³/mol. The average Bonchev–Trinajstić information content (AvgIpc) is 2.46. The van der Waals surface area contributed by atoms with Crippen molar-refractivity contribution in [2.45, 2.75) is 57.3 Å². The third-order valence-electron chi connectivity index (χ3n) is 4.29. The summed E-state index contributed by atoms with van der Waals surface area (Å²) in [6, 6.07) is 5.61. The highest BCUT2D eigenvalue weighted by Crippen LogP contribution is 2.30. The molecule has 0 aliphatic carbocycles. The van der Waals surface area contributed by atoms with E-state index in [-0.39, 0.29) is 24.3 Å². The molecular weight excluding hydrogens is 305 g/mol. The van der Waals surface area contributed by atoms with E-state index in [1.165, 1.54) is 12.1 Å². The molecule has 1 heterocycles. The molecule has 23 heavy (non-hydrogen) atoms. The van der Waals surface area contributed by atoms with E-state index >= 15 is 0 Å². The fourth-order valence-corrected chi connectivity index (χ4v) is 2.95. The highest BCUT2D eigenvalue weighted by Gasteiger charge is 2.30. The second-order valence-electron chi connectivity index (χ2n) is 6.37. The summed E-state index contributed by atoms with van der Waals surface area (Å²) < 4.78 is 37.7. The van der Waals surface area contributed by atoms with Gasteiger partial charge >= 0.3 is 6.18 Å². The van der Waals surface area contributed by atoms with Crippen molar-refractivity contribution in [3.63, 3.8) is 0 Å². The van der Waals surface area contributed by atoms with E-state index in [0.717, 1.165) is 37.1 Å². The van der Waals surface area contributed by atoms with Crippen LogP contribution in [0.2, 0.25) is 0 Å². The lowest BCUT2D eigenvalue weighted by Gasteiger charge is -2.29. The van der Waals surface area contributed by atoms with Crippen LogP contribution in [0.15, 0.2) is 24.3 Å². The van der Waals surface area contributed by atoms with Crippen molar-refractivity contribution in [3.05, 3.63) is 35.4 Å². The number of amides is 1. The topological polar surface area (TPSA) is 41.1 Å². The molecule has 0 saturated carbocycles. The van der Waals surface area contributed by atoms with Crippen molar-refractivity contribution in [3.8, 4) is 0 Å². The first-order valence-electron chi connectivity index (χ1n) is 7.95. The molecule has 3 atom stereocenters. The molecule has 1 amide bonds. The molecule has 0 spiro atoms. The summed E-state index contributed by atoms with van der Waals surface area (Å²) in [6.07, 6.45) is -2.24. The van der Waals surface area contributed by atoms with Crippen molar-refractivity contribution < 1.29 is 18.0 Å². The van der Waals surface area contributed by atoms with E-state index in [2.05, 4.69) is 17.6 Å². The van der Waals surface area contributed by atoms with E-state index in [0.29, 0.717) is 6.04 Å². The van der Waals surface area contributed by atoms with Crippen molar-refractivity contribution >= 4 is 5.91 Å². The van der Waals surface area contributed by atoms with Crippen LogP contribution in [-0.2, 0) is 11.0 Å². The number of nitrogens with one attached hydrogen (secondary N) is 2. The Balaban J connectivity index is 1.88. The minimum atomic E-state index is -4.33. The van der Waals surface area contributed by atoms with Crippen LogP contribution in [0.3, 0.4) is 0 Å². The molecule has 1 aliphatic rings. The SMILES string of the molecule is CC1CC(NC(=O)CC(C)c2ccc(C(F)(F)F)cc2)CCN1. The van der Waals surface area contributed by atoms with Gasteiger partial charge < -0.3 is 10.6 Å². The lowest BCUT2D eigenvalue weighted by Crippen LogP contribution is -2.46. The molecule has 0 radical (unpaired) electrons. The number of carbonyl (C=O) groups excluding carboxylic acids is 1. The predicted octanol–water partition coefficient (Wildman–Crippen LogP) is 3.46. The van der Waals surface area contributed by atoms with Gasteiger partial charge in [-0.25, -0.2) is 0 Å². The number of alkyl halides is 3. The number of rotatable bonds is 4. The minimum absolute atomic E-state index is 0.0449. The van der Waals surface area contributed by atoms with Crippen LogP contribution in [0, 0.1) is 0 Å². The van der Waals surface area contributed by atoms with E-state index in [1.54, 1.807) is 0 Å². The largest absolute Gasteiger partial charge is 0.416 e. The van der Waals surface area contributed by atoms with Gasteiger partial charge in [0.25, 0.3) is 0 Å². The lowest BCUT2D eigenvalue weighted by molar-refractivity contribution is -0.137. The van der Waals surface area contributed by atoms with Gasteiger partial charge in [0.15, 0.2) is 0 Å². The average molecular weight is 328 g/mol. The van der Waals surface area contributed by atoms with Gasteiger partial charge in [-0.05, 0) is 49.9 Å². The van der Waals surface area contributed by atoms with E-state index in [9.17, 15) is 18.0 Å². The van der Waals surface area contributed by atoms with E-state index in [1.807, 2.05) is 6.92 Å². The molecule has 0 bridgehead atoms. The molecular formula is C17H23F3N2O. The fourth-order valence-electron chi connectivity index (χ4n) is 2.95. The van der Waals surface area contributed by atoms with Crippen LogP contribution < -0.4 is 10.6 Å². The first-order chi connectivity index (χ1) is 10.8. The maximum atomic E-state index is 12.6. The number of carbonyl (C=O) groups is 1. The van der Waals surface area contributed by atoms with Crippen LogP contribution in [0.4, 0.5) is 13.2 Å². The molecule has 2 N–H and O–H groups in total. The summed E-state index contributed by atoms with van der Waals surface area (Å²) >= 11 is 0. The molecule has 0 aromatic heterocycles. The molecule has 6 heteroatoms. The number of piperidine rings is 1. The molecule has 1 aromatic rings. The van der Waals surface area contributed by atoms with Crippen molar-refractivity contribution in [2.75, 3.05) is 6.54 Å². The van der Waals surface area contributed by atoms with Crippen molar-refractivity contribution in [1.82, 2.24) is 10.6 Å². The summed E-state index contributed by atoms with van der Waals surface area (Å²) in [7, 11) is 0. The number of hydrogen-bond donors (Lipinski definition) is 2. The first-order valence-corrected chi connectivity index (χ1v) is 7.95. The molecule has 2 rings (SSSR count). The quantitative estimate of drug-likeness (QED) is 0.889. The minimum Gasteiger partial charge on any atom is -0.353 e. The Morgan fingerprint density at radius 3 is 2.57 bits per heavy atom. The summed E-state index contributed by atoms with van der Waals surface area (Å²) in [5, 5.41) is 6.35. The molecule has 1 saturated heterocycles. The Labute approximate surface area is 134 Å². The van der Waals surface area contributed by atoms with Gasteiger partial charge in [-0.3, -0.25) is 4.79 Å². The third-order valence-corrected chi connectivity index (χ3v) is 4.29. The van der Waals surface area contributed by atoms with Gasteiger partial charge in [-0.1, -0.05) is 19.1 Å². The fraction of sp³-hybridized carbons (Fsp3) is 0.588. The third kappa shape index (κ3) is 5.23. The highest BCUT2D eigenvalue weighted by molar-refractivity contribution is 5.77. The van der Waals surface area contributed by atoms with Gasteiger partial charge in [-0.2, -0.15) is 13.2 Å².